The predicted octanol–water partition coefficient (Wildman–Crippen LogP) is 4.33. The fourth-order valence-corrected chi connectivity index (χ4v) is 3.72. The topological polar surface area (TPSA) is 80.0 Å². The van der Waals surface area contributed by atoms with Gasteiger partial charge in [-0.2, -0.15) is 0 Å². The summed E-state index contributed by atoms with van der Waals surface area (Å²) in [6.07, 6.45) is 3.07. The number of rotatable bonds is 6. The Kier molecular flexibility index (Phi) is 5.04. The van der Waals surface area contributed by atoms with Crippen LogP contribution in [0.25, 0.3) is 21.3 Å². The number of amides is 1. The standard InChI is InChI=1S/C19H15ClN4O2S/c20-13-5-3-12(4-6-13)15-10-27-19-17(15)18(23-11-24-19)22-9-16(25)21-8-14-2-1-7-26-14/h1-7,10-11H,8-9H2,(H,21,25)(H,22,23,24). The van der Waals surface area contributed by atoms with Gasteiger partial charge in [-0.1, -0.05) is 23.7 Å². The number of thiophene rings is 1. The van der Waals surface area contributed by atoms with E-state index in [1.165, 1.54) is 17.7 Å². The first-order valence-corrected chi connectivity index (χ1v) is 9.47. The monoisotopic (exact) mass is 398 g/mol. The van der Waals surface area contributed by atoms with Crippen molar-refractivity contribution in [3.63, 3.8) is 0 Å². The smallest absolute Gasteiger partial charge is 0.239 e. The van der Waals surface area contributed by atoms with Crippen molar-refractivity contribution >= 4 is 44.9 Å². The van der Waals surface area contributed by atoms with Crippen LogP contribution in [0.1, 0.15) is 5.76 Å². The molecule has 8 heteroatoms. The molecule has 1 aromatic carbocycles. The van der Waals surface area contributed by atoms with Crippen molar-refractivity contribution in [3.05, 3.63) is 65.2 Å². The SMILES string of the molecule is O=C(CNc1ncnc2scc(-c3ccc(Cl)cc3)c12)NCc1ccco1. The highest BCUT2D eigenvalue weighted by Gasteiger charge is 2.14. The van der Waals surface area contributed by atoms with Crippen LogP contribution in [-0.2, 0) is 11.3 Å². The largest absolute Gasteiger partial charge is 0.467 e. The number of furan rings is 1. The van der Waals surface area contributed by atoms with Gasteiger partial charge in [-0.15, -0.1) is 11.3 Å². The minimum absolute atomic E-state index is 0.0999. The molecule has 2 N–H and O–H groups in total. The third kappa shape index (κ3) is 3.94. The third-order valence-electron chi connectivity index (χ3n) is 3.98. The summed E-state index contributed by atoms with van der Waals surface area (Å²) in [6.45, 7) is 0.448. The molecular weight excluding hydrogens is 384 g/mol. The Morgan fingerprint density at radius 2 is 2.04 bits per heavy atom. The molecule has 0 aliphatic carbocycles. The van der Waals surface area contributed by atoms with Crippen LogP contribution in [0.4, 0.5) is 5.82 Å². The molecule has 3 aromatic heterocycles. The number of carbonyl (C=O) groups excluding carboxylic acids is 1. The predicted molar refractivity (Wildman–Crippen MR) is 107 cm³/mol. The van der Waals surface area contributed by atoms with Crippen LogP contribution in [0.5, 0.6) is 0 Å². The molecule has 0 saturated carbocycles. The number of nitrogens with zero attached hydrogens (tertiary/aromatic N) is 2. The number of nitrogens with one attached hydrogen (secondary N) is 2. The van der Waals surface area contributed by atoms with Gasteiger partial charge in [0.25, 0.3) is 0 Å². The maximum Gasteiger partial charge on any atom is 0.239 e. The van der Waals surface area contributed by atoms with Crippen molar-refractivity contribution in [2.75, 3.05) is 11.9 Å². The Morgan fingerprint density at radius 1 is 1.19 bits per heavy atom. The lowest BCUT2D eigenvalue weighted by molar-refractivity contribution is -0.119. The molecule has 0 atom stereocenters. The summed E-state index contributed by atoms with van der Waals surface area (Å²) in [5.41, 5.74) is 2.02. The molecule has 0 spiro atoms. The maximum atomic E-state index is 12.1. The van der Waals surface area contributed by atoms with Gasteiger partial charge in [-0.3, -0.25) is 4.79 Å². The van der Waals surface area contributed by atoms with Crippen molar-refractivity contribution in [3.8, 4) is 11.1 Å². The highest BCUT2D eigenvalue weighted by atomic mass is 35.5. The van der Waals surface area contributed by atoms with E-state index in [1.807, 2.05) is 35.7 Å². The Bertz CT molecular complexity index is 1060. The van der Waals surface area contributed by atoms with E-state index in [0.717, 1.165) is 21.3 Å². The molecule has 27 heavy (non-hydrogen) atoms. The number of halogens is 1. The first-order valence-electron chi connectivity index (χ1n) is 8.22. The fraction of sp³-hybridized carbons (Fsp3) is 0.105. The number of carbonyl (C=O) groups is 1. The molecular formula is C19H15ClN4O2S. The van der Waals surface area contributed by atoms with Crippen LogP contribution in [0.15, 0.2) is 58.8 Å². The number of aromatic nitrogens is 2. The second-order valence-electron chi connectivity index (χ2n) is 5.77. The number of benzene rings is 1. The van der Waals surface area contributed by atoms with Crippen molar-refractivity contribution in [1.29, 1.82) is 0 Å². The van der Waals surface area contributed by atoms with Gasteiger partial charge in [-0.05, 0) is 29.8 Å². The summed E-state index contributed by atoms with van der Waals surface area (Å²) in [5.74, 6) is 1.18. The second-order valence-corrected chi connectivity index (χ2v) is 7.06. The van der Waals surface area contributed by atoms with E-state index in [2.05, 4.69) is 20.6 Å². The molecule has 136 valence electrons. The van der Waals surface area contributed by atoms with E-state index < -0.39 is 0 Å². The minimum Gasteiger partial charge on any atom is -0.467 e. The lowest BCUT2D eigenvalue weighted by atomic mass is 10.1. The Morgan fingerprint density at radius 3 is 2.81 bits per heavy atom. The van der Waals surface area contributed by atoms with Gasteiger partial charge in [-0.25, -0.2) is 9.97 Å². The molecule has 0 aliphatic rings. The molecule has 0 aliphatic heterocycles. The summed E-state index contributed by atoms with van der Waals surface area (Å²) < 4.78 is 5.20. The lowest BCUT2D eigenvalue weighted by Gasteiger charge is -2.09. The molecule has 3 heterocycles. The van der Waals surface area contributed by atoms with E-state index in [-0.39, 0.29) is 12.5 Å². The molecule has 4 rings (SSSR count). The van der Waals surface area contributed by atoms with E-state index in [9.17, 15) is 4.79 Å². The summed E-state index contributed by atoms with van der Waals surface area (Å²) in [4.78, 5) is 21.6. The van der Waals surface area contributed by atoms with Gasteiger partial charge >= 0.3 is 0 Å². The third-order valence-corrected chi connectivity index (χ3v) is 5.12. The molecule has 0 radical (unpaired) electrons. The van der Waals surface area contributed by atoms with Gasteiger partial charge in [0.05, 0.1) is 24.7 Å². The number of hydrogen-bond donors (Lipinski definition) is 2. The Hall–Kier alpha value is -2.90. The van der Waals surface area contributed by atoms with Gasteiger partial charge in [0.2, 0.25) is 5.91 Å². The van der Waals surface area contributed by atoms with Crippen LogP contribution in [-0.4, -0.2) is 22.4 Å². The molecule has 0 fully saturated rings. The summed E-state index contributed by atoms with van der Waals surface area (Å²) >= 11 is 7.52. The molecule has 0 unspecified atom stereocenters. The van der Waals surface area contributed by atoms with E-state index >= 15 is 0 Å². The van der Waals surface area contributed by atoms with Crippen LogP contribution in [0, 0.1) is 0 Å². The highest BCUT2D eigenvalue weighted by Crippen LogP contribution is 2.36. The minimum atomic E-state index is -0.151. The van der Waals surface area contributed by atoms with Gasteiger partial charge in [0.1, 0.15) is 22.7 Å². The lowest BCUT2D eigenvalue weighted by Crippen LogP contribution is -2.29. The zero-order chi connectivity index (χ0) is 18.6. The van der Waals surface area contributed by atoms with Crippen LogP contribution < -0.4 is 10.6 Å². The van der Waals surface area contributed by atoms with Crippen molar-refractivity contribution in [2.45, 2.75) is 6.54 Å². The van der Waals surface area contributed by atoms with Crippen LogP contribution >= 0.6 is 22.9 Å². The number of fused-ring (bicyclic) bond motifs is 1. The summed E-state index contributed by atoms with van der Waals surface area (Å²) in [6, 6.07) is 11.2. The van der Waals surface area contributed by atoms with Crippen molar-refractivity contribution < 1.29 is 9.21 Å². The molecule has 0 bridgehead atoms. The quantitative estimate of drug-likeness (QED) is 0.505. The van der Waals surface area contributed by atoms with Crippen molar-refractivity contribution in [2.24, 2.45) is 0 Å². The second kappa shape index (κ2) is 7.77. The maximum absolute atomic E-state index is 12.1. The first kappa shape index (κ1) is 17.5. The normalized spacial score (nSPS) is 10.9. The Labute approximate surface area is 164 Å². The molecule has 4 aromatic rings. The zero-order valence-electron chi connectivity index (χ0n) is 14.1. The average molecular weight is 399 g/mol. The number of hydrogen-bond acceptors (Lipinski definition) is 6. The van der Waals surface area contributed by atoms with Gasteiger partial charge in [0.15, 0.2) is 0 Å². The van der Waals surface area contributed by atoms with Crippen LogP contribution in [0.3, 0.4) is 0 Å². The summed E-state index contributed by atoms with van der Waals surface area (Å²) in [5, 5.41) is 9.52. The Balaban J connectivity index is 1.52. The molecule has 6 nitrogen and oxygen atoms in total. The van der Waals surface area contributed by atoms with E-state index in [4.69, 9.17) is 16.0 Å². The summed E-state index contributed by atoms with van der Waals surface area (Å²) in [7, 11) is 0. The van der Waals surface area contributed by atoms with E-state index in [0.29, 0.717) is 23.1 Å². The average Bonchev–Trinajstić information content (AvgIpc) is 3.35. The number of anilines is 1. The highest BCUT2D eigenvalue weighted by molar-refractivity contribution is 7.17. The van der Waals surface area contributed by atoms with Crippen LogP contribution in [0.2, 0.25) is 5.02 Å². The molecule has 0 saturated heterocycles. The van der Waals surface area contributed by atoms with Gasteiger partial charge in [0, 0.05) is 16.0 Å². The fourth-order valence-electron chi connectivity index (χ4n) is 2.68. The molecule has 1 amide bonds. The van der Waals surface area contributed by atoms with E-state index in [1.54, 1.807) is 12.3 Å². The van der Waals surface area contributed by atoms with Gasteiger partial charge < -0.3 is 15.1 Å². The zero-order valence-corrected chi connectivity index (χ0v) is 15.7. The van der Waals surface area contributed by atoms with Crippen molar-refractivity contribution in [1.82, 2.24) is 15.3 Å². The first-order chi connectivity index (χ1) is 13.2.